The molecular formula is C13H24N2O4S. The Balaban J connectivity index is 3.94. The van der Waals surface area contributed by atoms with Gasteiger partial charge in [0.25, 0.3) is 0 Å². The lowest BCUT2D eigenvalue weighted by Crippen LogP contribution is -2.44. The fourth-order valence-electron chi connectivity index (χ4n) is 1.60. The topological polar surface area (TPSA) is 98.5 Å². The number of amides is 1. The first-order valence-corrected chi connectivity index (χ1v) is 7.66. The summed E-state index contributed by atoms with van der Waals surface area (Å²) in [5, 5.41) is 2.71. The molecule has 2 atom stereocenters. The van der Waals surface area contributed by atoms with E-state index in [2.05, 4.69) is 10.1 Å². The number of Topliss-reactive ketones (excluding diaryl/α,β-unsaturated/α-hetero) is 1. The lowest BCUT2D eigenvalue weighted by atomic mass is 10.0. The second kappa shape index (κ2) is 9.77. The molecule has 0 fully saturated rings. The molecule has 0 saturated heterocycles. The molecule has 7 heteroatoms. The van der Waals surface area contributed by atoms with Crippen molar-refractivity contribution in [1.82, 2.24) is 5.32 Å². The summed E-state index contributed by atoms with van der Waals surface area (Å²) < 4.78 is 4.51. The Morgan fingerprint density at radius 2 is 1.90 bits per heavy atom. The molecule has 0 bridgehead atoms. The Hall–Kier alpha value is -1.08. The standard InChI is InChI=1S/C13H24N2O4S/c1-8(2)12(9(3)16)15-11(17)7-20-6-5-10(14)13(18)19-4/h8,10,12H,5-7,14H2,1-4H3,(H,15,17). The summed E-state index contributed by atoms with van der Waals surface area (Å²) in [6.07, 6.45) is 0.449. The fourth-order valence-corrected chi connectivity index (χ4v) is 2.43. The molecule has 0 saturated carbocycles. The van der Waals surface area contributed by atoms with Crippen molar-refractivity contribution in [3.8, 4) is 0 Å². The molecule has 0 radical (unpaired) electrons. The molecule has 0 rings (SSSR count). The van der Waals surface area contributed by atoms with E-state index in [0.717, 1.165) is 0 Å². The summed E-state index contributed by atoms with van der Waals surface area (Å²) in [5.41, 5.74) is 5.57. The highest BCUT2D eigenvalue weighted by Gasteiger charge is 2.20. The van der Waals surface area contributed by atoms with Gasteiger partial charge in [0.2, 0.25) is 5.91 Å². The van der Waals surface area contributed by atoms with E-state index < -0.39 is 18.1 Å². The van der Waals surface area contributed by atoms with Gasteiger partial charge in [0.15, 0.2) is 5.78 Å². The van der Waals surface area contributed by atoms with Gasteiger partial charge in [-0.1, -0.05) is 13.8 Å². The van der Waals surface area contributed by atoms with E-state index in [0.29, 0.717) is 12.2 Å². The maximum atomic E-state index is 11.7. The highest BCUT2D eigenvalue weighted by molar-refractivity contribution is 7.99. The lowest BCUT2D eigenvalue weighted by Gasteiger charge is -2.19. The summed E-state index contributed by atoms with van der Waals surface area (Å²) in [7, 11) is 1.29. The van der Waals surface area contributed by atoms with Crippen molar-refractivity contribution in [3.63, 3.8) is 0 Å². The normalized spacial score (nSPS) is 13.7. The summed E-state index contributed by atoms with van der Waals surface area (Å²) >= 11 is 1.37. The monoisotopic (exact) mass is 304 g/mol. The van der Waals surface area contributed by atoms with Crippen molar-refractivity contribution in [1.29, 1.82) is 0 Å². The Kier molecular flexibility index (Phi) is 9.24. The average Bonchev–Trinajstić information content (AvgIpc) is 2.38. The minimum Gasteiger partial charge on any atom is -0.468 e. The third kappa shape index (κ3) is 7.49. The van der Waals surface area contributed by atoms with E-state index in [9.17, 15) is 14.4 Å². The number of nitrogens with one attached hydrogen (secondary N) is 1. The molecule has 0 spiro atoms. The van der Waals surface area contributed by atoms with Crippen LogP contribution >= 0.6 is 11.8 Å². The van der Waals surface area contributed by atoms with Crippen LogP contribution in [0.25, 0.3) is 0 Å². The number of ketones is 1. The third-order valence-electron chi connectivity index (χ3n) is 2.73. The first-order valence-electron chi connectivity index (χ1n) is 6.50. The van der Waals surface area contributed by atoms with Crippen LogP contribution in [0.15, 0.2) is 0 Å². The van der Waals surface area contributed by atoms with Crippen molar-refractivity contribution >= 4 is 29.4 Å². The van der Waals surface area contributed by atoms with Crippen molar-refractivity contribution in [2.45, 2.75) is 39.3 Å². The summed E-state index contributed by atoms with van der Waals surface area (Å²) in [4.78, 5) is 34.1. The quantitative estimate of drug-likeness (QED) is 0.471. The van der Waals surface area contributed by atoms with Crippen molar-refractivity contribution < 1.29 is 19.1 Å². The van der Waals surface area contributed by atoms with E-state index in [1.54, 1.807) is 0 Å². The van der Waals surface area contributed by atoms with Crippen molar-refractivity contribution in [2.75, 3.05) is 18.6 Å². The first-order chi connectivity index (χ1) is 9.29. The van der Waals surface area contributed by atoms with Gasteiger partial charge in [0.1, 0.15) is 6.04 Å². The van der Waals surface area contributed by atoms with Gasteiger partial charge in [-0.15, -0.1) is 0 Å². The molecule has 0 aliphatic carbocycles. The number of carbonyl (C=O) groups is 3. The fraction of sp³-hybridized carbons (Fsp3) is 0.769. The number of rotatable bonds is 9. The zero-order valence-electron chi connectivity index (χ0n) is 12.5. The average molecular weight is 304 g/mol. The molecule has 1 amide bonds. The van der Waals surface area contributed by atoms with Crippen molar-refractivity contribution in [2.24, 2.45) is 11.7 Å². The maximum Gasteiger partial charge on any atom is 0.322 e. The minimum atomic E-state index is -0.656. The molecule has 0 aromatic carbocycles. The largest absolute Gasteiger partial charge is 0.468 e. The number of thioether (sulfide) groups is 1. The molecule has 6 nitrogen and oxygen atoms in total. The molecule has 0 aliphatic heterocycles. The van der Waals surface area contributed by atoms with E-state index >= 15 is 0 Å². The van der Waals surface area contributed by atoms with Gasteiger partial charge in [-0.2, -0.15) is 11.8 Å². The van der Waals surface area contributed by atoms with Crippen LogP contribution in [0.1, 0.15) is 27.2 Å². The molecule has 0 aromatic heterocycles. The Labute approximate surface area is 124 Å². The molecule has 116 valence electrons. The van der Waals surface area contributed by atoms with Crippen LogP contribution in [0.4, 0.5) is 0 Å². The summed E-state index contributed by atoms with van der Waals surface area (Å²) in [6.45, 7) is 5.23. The third-order valence-corrected chi connectivity index (χ3v) is 3.72. The number of nitrogens with two attached hydrogens (primary N) is 1. The summed E-state index contributed by atoms with van der Waals surface area (Å²) in [6, 6.07) is -1.10. The Morgan fingerprint density at radius 3 is 2.35 bits per heavy atom. The SMILES string of the molecule is COC(=O)C(N)CCSCC(=O)NC(C(C)=O)C(C)C. The molecule has 20 heavy (non-hydrogen) atoms. The number of methoxy groups -OCH3 is 1. The van der Waals surface area contributed by atoms with E-state index in [-0.39, 0.29) is 23.4 Å². The van der Waals surface area contributed by atoms with E-state index in [1.807, 2.05) is 13.8 Å². The van der Waals surface area contributed by atoms with Gasteiger partial charge in [-0.05, 0) is 25.0 Å². The van der Waals surface area contributed by atoms with E-state index in [1.165, 1.54) is 25.8 Å². The van der Waals surface area contributed by atoms with E-state index in [4.69, 9.17) is 5.73 Å². The number of hydrogen-bond donors (Lipinski definition) is 2. The van der Waals surface area contributed by atoms with Gasteiger partial charge in [0.05, 0.1) is 18.9 Å². The second-order valence-electron chi connectivity index (χ2n) is 4.87. The Bertz CT molecular complexity index is 347. The van der Waals surface area contributed by atoms with Gasteiger partial charge in [-0.25, -0.2) is 0 Å². The molecular weight excluding hydrogens is 280 g/mol. The molecule has 2 unspecified atom stereocenters. The van der Waals surface area contributed by atoms with Crippen molar-refractivity contribution in [3.05, 3.63) is 0 Å². The number of hydrogen-bond acceptors (Lipinski definition) is 6. The lowest BCUT2D eigenvalue weighted by molar-refractivity contribution is -0.142. The predicted molar refractivity (Wildman–Crippen MR) is 79.4 cm³/mol. The number of esters is 1. The van der Waals surface area contributed by atoms with Crippen LogP contribution in [-0.2, 0) is 19.1 Å². The number of ether oxygens (including phenoxy) is 1. The second-order valence-corrected chi connectivity index (χ2v) is 5.98. The zero-order valence-corrected chi connectivity index (χ0v) is 13.3. The maximum absolute atomic E-state index is 11.7. The first kappa shape index (κ1) is 18.9. The molecule has 0 aliphatic rings. The van der Waals surface area contributed by atoms with Crippen LogP contribution < -0.4 is 11.1 Å². The van der Waals surface area contributed by atoms with Crippen LogP contribution in [0.5, 0.6) is 0 Å². The van der Waals surface area contributed by atoms with Crippen LogP contribution in [-0.4, -0.2) is 48.4 Å². The minimum absolute atomic E-state index is 0.0499. The molecule has 0 aromatic rings. The predicted octanol–water partition coefficient (Wildman–Crippen LogP) is 0.340. The van der Waals surface area contributed by atoms with Gasteiger partial charge < -0.3 is 15.8 Å². The highest BCUT2D eigenvalue weighted by Crippen LogP contribution is 2.07. The zero-order chi connectivity index (χ0) is 15.7. The summed E-state index contributed by atoms with van der Waals surface area (Å²) in [5.74, 6) is 0.197. The smallest absolute Gasteiger partial charge is 0.322 e. The van der Waals surface area contributed by atoms with Gasteiger partial charge >= 0.3 is 5.97 Å². The molecule has 3 N–H and O–H groups in total. The van der Waals surface area contributed by atoms with Crippen LogP contribution in [0, 0.1) is 5.92 Å². The van der Waals surface area contributed by atoms with Crippen LogP contribution in [0.3, 0.4) is 0 Å². The number of carbonyl (C=O) groups excluding carboxylic acids is 3. The Morgan fingerprint density at radius 1 is 1.30 bits per heavy atom. The highest BCUT2D eigenvalue weighted by atomic mass is 32.2. The molecule has 0 heterocycles. The van der Waals surface area contributed by atoms with Crippen LogP contribution in [0.2, 0.25) is 0 Å². The van der Waals surface area contributed by atoms with Gasteiger partial charge in [0, 0.05) is 0 Å². The van der Waals surface area contributed by atoms with Gasteiger partial charge in [-0.3, -0.25) is 14.4 Å².